The summed E-state index contributed by atoms with van der Waals surface area (Å²) in [5.74, 6) is 0.631. The van der Waals surface area contributed by atoms with Crippen molar-refractivity contribution < 1.29 is 0 Å². The van der Waals surface area contributed by atoms with Crippen LogP contribution in [0.2, 0.25) is 0 Å². The molecule has 1 atom stereocenters. The van der Waals surface area contributed by atoms with Crippen molar-refractivity contribution in [2.75, 3.05) is 6.54 Å². The minimum atomic E-state index is 0.253. The fourth-order valence-electron chi connectivity index (χ4n) is 2.11. The second kappa shape index (κ2) is 7.05. The molecular formula is C17H25N. The Kier molecular flexibility index (Phi) is 5.70. The lowest BCUT2D eigenvalue weighted by Gasteiger charge is -2.31. The van der Waals surface area contributed by atoms with Crippen molar-refractivity contribution in [2.45, 2.75) is 33.7 Å². The highest BCUT2D eigenvalue weighted by Crippen LogP contribution is 2.23. The fourth-order valence-corrected chi connectivity index (χ4v) is 2.11. The van der Waals surface area contributed by atoms with Crippen molar-refractivity contribution in [3.05, 3.63) is 60.3 Å². The van der Waals surface area contributed by atoms with Gasteiger partial charge in [-0.2, -0.15) is 0 Å². The Bertz CT molecular complexity index is 385. The molecule has 1 aromatic rings. The molecule has 0 bridgehead atoms. The van der Waals surface area contributed by atoms with E-state index in [0.29, 0.717) is 5.92 Å². The number of hydrogen-bond acceptors (Lipinski definition) is 1. The number of allylic oxidation sites excluding steroid dienone is 1. The maximum absolute atomic E-state index is 4.00. The van der Waals surface area contributed by atoms with E-state index in [9.17, 15) is 0 Å². The molecule has 0 aliphatic rings. The van der Waals surface area contributed by atoms with Crippen LogP contribution in [0.1, 0.15) is 39.3 Å². The zero-order valence-electron chi connectivity index (χ0n) is 12.1. The van der Waals surface area contributed by atoms with Crippen molar-refractivity contribution in [2.24, 2.45) is 5.92 Å². The summed E-state index contributed by atoms with van der Waals surface area (Å²) in [7, 11) is 0. The van der Waals surface area contributed by atoms with E-state index in [1.807, 2.05) is 6.08 Å². The van der Waals surface area contributed by atoms with Gasteiger partial charge in [0.05, 0.1) is 6.04 Å². The summed E-state index contributed by atoms with van der Waals surface area (Å²) in [6, 6.07) is 10.8. The zero-order chi connectivity index (χ0) is 13.5. The Morgan fingerprint density at radius 1 is 1.22 bits per heavy atom. The first-order valence-electron chi connectivity index (χ1n) is 6.63. The molecule has 1 aromatic carbocycles. The van der Waals surface area contributed by atoms with Crippen LogP contribution in [0.25, 0.3) is 0 Å². The molecule has 0 aliphatic carbocycles. The number of hydrogen-bond donors (Lipinski definition) is 0. The third kappa shape index (κ3) is 4.40. The highest BCUT2D eigenvalue weighted by Gasteiger charge is 2.15. The SMILES string of the molecule is C=CC(c1ccccc1)N(C=C(C)C)CC(C)C. The molecule has 1 nitrogen and oxygen atoms in total. The Labute approximate surface area is 112 Å². The third-order valence-electron chi connectivity index (χ3n) is 2.72. The van der Waals surface area contributed by atoms with Crippen molar-refractivity contribution in [1.29, 1.82) is 0 Å². The van der Waals surface area contributed by atoms with Gasteiger partial charge in [0.15, 0.2) is 0 Å². The molecule has 0 N–H and O–H groups in total. The zero-order valence-corrected chi connectivity index (χ0v) is 12.1. The van der Waals surface area contributed by atoms with E-state index < -0.39 is 0 Å². The molecule has 0 aliphatic heterocycles. The highest BCUT2D eigenvalue weighted by atomic mass is 15.1. The van der Waals surface area contributed by atoms with Gasteiger partial charge in [-0.05, 0) is 31.5 Å². The van der Waals surface area contributed by atoms with Gasteiger partial charge in [0.2, 0.25) is 0 Å². The normalized spacial score (nSPS) is 12.1. The van der Waals surface area contributed by atoms with Crippen LogP contribution in [0.3, 0.4) is 0 Å². The van der Waals surface area contributed by atoms with Gasteiger partial charge in [-0.1, -0.05) is 55.8 Å². The number of benzene rings is 1. The van der Waals surface area contributed by atoms with Crippen LogP contribution in [0.4, 0.5) is 0 Å². The lowest BCUT2D eigenvalue weighted by Crippen LogP contribution is -2.26. The number of nitrogens with zero attached hydrogens (tertiary/aromatic N) is 1. The maximum Gasteiger partial charge on any atom is 0.0718 e. The second-order valence-electron chi connectivity index (χ2n) is 5.39. The van der Waals surface area contributed by atoms with E-state index in [2.05, 4.69) is 75.7 Å². The Morgan fingerprint density at radius 3 is 2.28 bits per heavy atom. The summed E-state index contributed by atoms with van der Waals surface area (Å²) in [4.78, 5) is 2.38. The molecule has 1 unspecified atom stereocenters. The summed E-state index contributed by atoms with van der Waals surface area (Å²) in [5.41, 5.74) is 2.61. The first kappa shape index (κ1) is 14.6. The van der Waals surface area contributed by atoms with Crippen molar-refractivity contribution in [1.82, 2.24) is 4.90 Å². The topological polar surface area (TPSA) is 3.24 Å². The molecule has 98 valence electrons. The summed E-state index contributed by atoms with van der Waals surface area (Å²) >= 11 is 0. The predicted octanol–water partition coefficient (Wildman–Crippen LogP) is 4.80. The van der Waals surface area contributed by atoms with Gasteiger partial charge < -0.3 is 4.90 Å². The van der Waals surface area contributed by atoms with Gasteiger partial charge in [0, 0.05) is 6.54 Å². The quantitative estimate of drug-likeness (QED) is 0.649. The van der Waals surface area contributed by atoms with Gasteiger partial charge in [0.25, 0.3) is 0 Å². The molecule has 0 heterocycles. The van der Waals surface area contributed by atoms with E-state index in [-0.39, 0.29) is 6.04 Å². The molecule has 0 saturated carbocycles. The standard InChI is InChI=1S/C17H25N/c1-6-17(16-10-8-7-9-11-16)18(12-14(2)3)13-15(4)5/h6-12,15,17H,1,13H2,2-5H3. The van der Waals surface area contributed by atoms with Crippen molar-refractivity contribution in [3.8, 4) is 0 Å². The fraction of sp³-hybridized carbons (Fsp3) is 0.412. The van der Waals surface area contributed by atoms with E-state index in [1.54, 1.807) is 0 Å². The Hall–Kier alpha value is -1.50. The largest absolute Gasteiger partial charge is 0.367 e. The molecule has 0 spiro atoms. The van der Waals surface area contributed by atoms with Crippen LogP contribution in [-0.4, -0.2) is 11.4 Å². The summed E-state index contributed by atoms with van der Waals surface area (Å²) < 4.78 is 0. The lowest BCUT2D eigenvalue weighted by molar-refractivity contribution is 0.286. The van der Waals surface area contributed by atoms with Crippen LogP contribution in [0, 0.1) is 5.92 Å². The molecule has 0 amide bonds. The molecule has 0 radical (unpaired) electrons. The van der Waals surface area contributed by atoms with Gasteiger partial charge in [-0.3, -0.25) is 0 Å². The molecule has 0 fully saturated rings. The van der Waals surface area contributed by atoms with Crippen molar-refractivity contribution in [3.63, 3.8) is 0 Å². The minimum absolute atomic E-state index is 0.253. The molecule has 1 heteroatoms. The maximum atomic E-state index is 4.00. The van der Waals surface area contributed by atoms with Crippen LogP contribution >= 0.6 is 0 Å². The van der Waals surface area contributed by atoms with Crippen LogP contribution in [0.15, 0.2) is 54.8 Å². The van der Waals surface area contributed by atoms with Crippen molar-refractivity contribution >= 4 is 0 Å². The first-order valence-corrected chi connectivity index (χ1v) is 6.63. The van der Waals surface area contributed by atoms with E-state index >= 15 is 0 Å². The van der Waals surface area contributed by atoms with Crippen LogP contribution in [0.5, 0.6) is 0 Å². The summed E-state index contributed by atoms with van der Waals surface area (Å²) in [6.07, 6.45) is 4.26. The molecule has 0 aromatic heterocycles. The molecular weight excluding hydrogens is 218 g/mol. The molecule has 1 rings (SSSR count). The third-order valence-corrected chi connectivity index (χ3v) is 2.72. The minimum Gasteiger partial charge on any atom is -0.367 e. The monoisotopic (exact) mass is 243 g/mol. The van der Waals surface area contributed by atoms with Gasteiger partial charge >= 0.3 is 0 Å². The van der Waals surface area contributed by atoms with Crippen LogP contribution in [-0.2, 0) is 0 Å². The summed E-state index contributed by atoms with van der Waals surface area (Å²) in [6.45, 7) is 13.8. The van der Waals surface area contributed by atoms with Crippen LogP contribution < -0.4 is 0 Å². The second-order valence-corrected chi connectivity index (χ2v) is 5.39. The van der Waals surface area contributed by atoms with E-state index in [1.165, 1.54) is 11.1 Å². The summed E-state index contributed by atoms with van der Waals surface area (Å²) in [5, 5.41) is 0. The smallest absolute Gasteiger partial charge is 0.0718 e. The number of rotatable bonds is 6. The highest BCUT2D eigenvalue weighted by molar-refractivity contribution is 5.23. The van der Waals surface area contributed by atoms with E-state index in [4.69, 9.17) is 0 Å². The van der Waals surface area contributed by atoms with E-state index in [0.717, 1.165) is 6.54 Å². The van der Waals surface area contributed by atoms with Gasteiger partial charge in [-0.25, -0.2) is 0 Å². The Balaban J connectivity index is 3.01. The average Bonchev–Trinajstić information content (AvgIpc) is 2.29. The van der Waals surface area contributed by atoms with Gasteiger partial charge in [-0.15, -0.1) is 6.58 Å². The Morgan fingerprint density at radius 2 is 1.83 bits per heavy atom. The first-order chi connectivity index (χ1) is 8.54. The molecule has 18 heavy (non-hydrogen) atoms. The predicted molar refractivity (Wildman–Crippen MR) is 80.4 cm³/mol. The lowest BCUT2D eigenvalue weighted by atomic mass is 10.0. The van der Waals surface area contributed by atoms with Gasteiger partial charge in [0.1, 0.15) is 0 Å². The molecule has 0 saturated heterocycles. The average molecular weight is 243 g/mol.